The van der Waals surface area contributed by atoms with E-state index in [2.05, 4.69) is 5.10 Å². The van der Waals surface area contributed by atoms with Crippen LogP contribution in [-0.4, -0.2) is 21.5 Å². The summed E-state index contributed by atoms with van der Waals surface area (Å²) in [6, 6.07) is 16.6. The van der Waals surface area contributed by atoms with Gasteiger partial charge < -0.3 is 4.74 Å². The number of methoxy groups -OCH3 is 1. The predicted molar refractivity (Wildman–Crippen MR) is 75.7 cm³/mol. The molecule has 1 aromatic heterocycles. The molecular weight excluding hydrogens is 254 g/mol. The number of benzene rings is 2. The van der Waals surface area contributed by atoms with E-state index in [1.807, 2.05) is 54.6 Å². The van der Waals surface area contributed by atoms with Gasteiger partial charge in [0.2, 0.25) is 0 Å². The summed E-state index contributed by atoms with van der Waals surface area (Å²) in [6.45, 7) is 0. The minimum absolute atomic E-state index is 0.207. The molecule has 0 aliphatic rings. The summed E-state index contributed by atoms with van der Waals surface area (Å²) in [4.78, 5) is 12.4. The second kappa shape index (κ2) is 5.05. The topological polar surface area (TPSA) is 49.0 Å². The number of ether oxygens (including phenoxy) is 1. The van der Waals surface area contributed by atoms with Crippen LogP contribution in [-0.2, 0) is 0 Å². The lowest BCUT2D eigenvalue weighted by molar-refractivity contribution is 0.414. The maximum atomic E-state index is 12.4. The zero-order chi connectivity index (χ0) is 13.9. The van der Waals surface area contributed by atoms with Gasteiger partial charge in [0.05, 0.1) is 18.5 Å². The monoisotopic (exact) mass is 267 g/mol. The highest BCUT2D eigenvalue weighted by Gasteiger charge is 2.08. The van der Waals surface area contributed by atoms with Gasteiger partial charge in [0.15, 0.2) is 0 Å². The summed E-state index contributed by atoms with van der Waals surface area (Å²) in [5, 5.41) is 4.14. The highest BCUT2D eigenvalue weighted by atomic mass is 16.5. The van der Waals surface area contributed by atoms with E-state index in [0.717, 1.165) is 17.1 Å². The molecule has 0 radical (unpaired) electrons. The molecule has 0 unspecified atom stereocenters. The van der Waals surface area contributed by atoms with Crippen molar-refractivity contribution in [2.45, 2.75) is 0 Å². The van der Waals surface area contributed by atoms with E-state index < -0.39 is 0 Å². The zero-order valence-electron chi connectivity index (χ0n) is 10.9. The molecule has 0 fully saturated rings. The molecule has 0 saturated carbocycles. The van der Waals surface area contributed by atoms with E-state index in [4.69, 9.17) is 4.74 Å². The molecule has 0 aliphatic carbocycles. The Bertz CT molecular complexity index is 758. The number of para-hydroxylation sites is 1. The van der Waals surface area contributed by atoms with Gasteiger partial charge in [-0.3, -0.25) is 0 Å². The lowest BCUT2D eigenvalue weighted by Gasteiger charge is -2.02. The van der Waals surface area contributed by atoms with Gasteiger partial charge in [-0.25, -0.2) is 9.36 Å². The van der Waals surface area contributed by atoms with Crippen molar-refractivity contribution in [3.8, 4) is 17.1 Å². The third-order valence-corrected chi connectivity index (χ3v) is 3.02. The van der Waals surface area contributed by atoms with E-state index in [0.29, 0.717) is 0 Å². The van der Waals surface area contributed by atoms with Crippen molar-refractivity contribution < 1.29 is 4.74 Å². The molecule has 2 aromatic carbocycles. The fourth-order valence-electron chi connectivity index (χ4n) is 1.97. The fourth-order valence-corrected chi connectivity index (χ4v) is 1.97. The maximum absolute atomic E-state index is 12.4. The Balaban J connectivity index is 2.04. The SMILES string of the molecule is COc1ccc(-n2cnn(-c3ccccc3)c2=O)cc1. The Morgan fingerprint density at radius 2 is 1.65 bits per heavy atom. The van der Waals surface area contributed by atoms with Crippen LogP contribution in [0.2, 0.25) is 0 Å². The first-order chi connectivity index (χ1) is 9.79. The predicted octanol–water partition coefficient (Wildman–Crippen LogP) is 2.03. The van der Waals surface area contributed by atoms with Crippen molar-refractivity contribution in [3.63, 3.8) is 0 Å². The molecule has 5 nitrogen and oxygen atoms in total. The molecule has 3 rings (SSSR count). The minimum atomic E-state index is -0.207. The molecule has 3 aromatic rings. The summed E-state index contributed by atoms with van der Waals surface area (Å²) >= 11 is 0. The van der Waals surface area contributed by atoms with Crippen molar-refractivity contribution in [1.82, 2.24) is 14.3 Å². The van der Waals surface area contributed by atoms with E-state index in [9.17, 15) is 4.79 Å². The Morgan fingerprint density at radius 3 is 2.30 bits per heavy atom. The van der Waals surface area contributed by atoms with Gasteiger partial charge in [-0.05, 0) is 36.4 Å². The van der Waals surface area contributed by atoms with Crippen LogP contribution < -0.4 is 10.4 Å². The Hall–Kier alpha value is -2.82. The number of hydrogen-bond acceptors (Lipinski definition) is 3. The average molecular weight is 267 g/mol. The zero-order valence-corrected chi connectivity index (χ0v) is 10.9. The lowest BCUT2D eigenvalue weighted by atomic mass is 10.3. The molecule has 5 heteroatoms. The summed E-state index contributed by atoms with van der Waals surface area (Å²) in [6.07, 6.45) is 1.51. The number of nitrogens with zero attached hydrogens (tertiary/aromatic N) is 3. The lowest BCUT2D eigenvalue weighted by Crippen LogP contribution is -2.22. The number of hydrogen-bond donors (Lipinski definition) is 0. The molecule has 0 amide bonds. The van der Waals surface area contributed by atoms with Crippen molar-refractivity contribution in [2.75, 3.05) is 7.11 Å². The number of aromatic nitrogens is 3. The van der Waals surface area contributed by atoms with Crippen LogP contribution in [0.15, 0.2) is 65.7 Å². The molecule has 0 bridgehead atoms. The quantitative estimate of drug-likeness (QED) is 0.729. The average Bonchev–Trinajstić information content (AvgIpc) is 2.90. The van der Waals surface area contributed by atoms with Crippen LogP contribution in [0, 0.1) is 0 Å². The van der Waals surface area contributed by atoms with E-state index in [1.165, 1.54) is 15.6 Å². The smallest absolute Gasteiger partial charge is 0.355 e. The molecule has 20 heavy (non-hydrogen) atoms. The van der Waals surface area contributed by atoms with Gasteiger partial charge in [-0.1, -0.05) is 18.2 Å². The Kier molecular flexibility index (Phi) is 3.09. The van der Waals surface area contributed by atoms with Gasteiger partial charge in [0.25, 0.3) is 0 Å². The largest absolute Gasteiger partial charge is 0.497 e. The first-order valence-electron chi connectivity index (χ1n) is 6.16. The summed E-state index contributed by atoms with van der Waals surface area (Å²) in [7, 11) is 1.61. The summed E-state index contributed by atoms with van der Waals surface area (Å²) < 4.78 is 7.96. The standard InChI is InChI=1S/C15H13N3O2/c1-20-14-9-7-12(8-10-14)17-11-16-18(15(17)19)13-5-3-2-4-6-13/h2-11H,1H3. The van der Waals surface area contributed by atoms with Crippen molar-refractivity contribution >= 4 is 0 Å². The molecule has 0 atom stereocenters. The fraction of sp³-hybridized carbons (Fsp3) is 0.0667. The third-order valence-electron chi connectivity index (χ3n) is 3.02. The maximum Gasteiger partial charge on any atom is 0.355 e. The van der Waals surface area contributed by atoms with Gasteiger partial charge in [-0.2, -0.15) is 9.78 Å². The minimum Gasteiger partial charge on any atom is -0.497 e. The van der Waals surface area contributed by atoms with E-state index >= 15 is 0 Å². The van der Waals surface area contributed by atoms with Gasteiger partial charge in [-0.15, -0.1) is 0 Å². The van der Waals surface area contributed by atoms with Gasteiger partial charge >= 0.3 is 5.69 Å². The molecular formula is C15H13N3O2. The first-order valence-corrected chi connectivity index (χ1v) is 6.16. The van der Waals surface area contributed by atoms with E-state index in [-0.39, 0.29) is 5.69 Å². The van der Waals surface area contributed by atoms with Gasteiger partial charge in [0, 0.05) is 0 Å². The molecule has 0 aliphatic heterocycles. The summed E-state index contributed by atoms with van der Waals surface area (Å²) in [5.41, 5.74) is 1.28. The second-order valence-electron chi connectivity index (χ2n) is 4.23. The first kappa shape index (κ1) is 12.2. The molecule has 100 valence electrons. The van der Waals surface area contributed by atoms with Crippen LogP contribution in [0.3, 0.4) is 0 Å². The van der Waals surface area contributed by atoms with Crippen molar-refractivity contribution in [1.29, 1.82) is 0 Å². The highest BCUT2D eigenvalue weighted by Crippen LogP contribution is 2.13. The van der Waals surface area contributed by atoms with Crippen LogP contribution in [0.25, 0.3) is 11.4 Å². The third kappa shape index (κ3) is 2.09. The van der Waals surface area contributed by atoms with Crippen molar-refractivity contribution in [2.24, 2.45) is 0 Å². The Morgan fingerprint density at radius 1 is 0.950 bits per heavy atom. The normalized spacial score (nSPS) is 10.4. The molecule has 0 spiro atoms. The molecule has 0 saturated heterocycles. The summed E-state index contributed by atoms with van der Waals surface area (Å²) in [5.74, 6) is 0.747. The molecule has 0 N–H and O–H groups in total. The van der Waals surface area contributed by atoms with Crippen LogP contribution in [0.4, 0.5) is 0 Å². The van der Waals surface area contributed by atoms with Crippen molar-refractivity contribution in [3.05, 3.63) is 71.4 Å². The Labute approximate surface area is 115 Å². The van der Waals surface area contributed by atoms with Gasteiger partial charge in [0.1, 0.15) is 12.1 Å². The molecule has 1 heterocycles. The van der Waals surface area contributed by atoms with Crippen LogP contribution in [0.5, 0.6) is 5.75 Å². The van der Waals surface area contributed by atoms with Crippen LogP contribution in [0.1, 0.15) is 0 Å². The second-order valence-corrected chi connectivity index (χ2v) is 4.23. The number of rotatable bonds is 3. The van der Waals surface area contributed by atoms with E-state index in [1.54, 1.807) is 7.11 Å². The van der Waals surface area contributed by atoms with Crippen LogP contribution >= 0.6 is 0 Å². The highest BCUT2D eigenvalue weighted by molar-refractivity contribution is 5.37.